The molecular weight excluding hydrogens is 290 g/mol. The van der Waals surface area contributed by atoms with Crippen molar-refractivity contribution >= 4 is 5.91 Å². The van der Waals surface area contributed by atoms with E-state index in [0.29, 0.717) is 0 Å². The van der Waals surface area contributed by atoms with E-state index in [9.17, 15) is 9.90 Å². The fourth-order valence-corrected chi connectivity index (χ4v) is 3.30. The van der Waals surface area contributed by atoms with Gasteiger partial charge in [0.25, 0.3) is 0 Å². The molecule has 3 rings (SSSR count). The van der Waals surface area contributed by atoms with Gasteiger partial charge in [0.15, 0.2) is 0 Å². The maximum Gasteiger partial charge on any atom is 0.223 e. The molecule has 2 unspecified atom stereocenters. The van der Waals surface area contributed by atoms with Gasteiger partial charge in [0, 0.05) is 12.5 Å². The Kier molecular flexibility index (Phi) is 5.68. The third-order valence-corrected chi connectivity index (χ3v) is 4.91. The van der Waals surface area contributed by atoms with Crippen LogP contribution in [0.2, 0.25) is 0 Å². The monoisotopic (exact) mass is 317 g/mol. The number of aliphatic hydroxyl groups is 1. The molecule has 2 saturated carbocycles. The highest BCUT2D eigenvalue weighted by atomic mass is 16.5. The van der Waals surface area contributed by atoms with Crippen LogP contribution in [0.25, 0.3) is 0 Å². The van der Waals surface area contributed by atoms with E-state index < -0.39 is 0 Å². The predicted molar refractivity (Wildman–Crippen MR) is 89.0 cm³/mol. The molecule has 2 atom stereocenters. The molecule has 0 spiro atoms. The summed E-state index contributed by atoms with van der Waals surface area (Å²) < 4.78 is 5.84. The summed E-state index contributed by atoms with van der Waals surface area (Å²) in [5.41, 5.74) is 1.34. The van der Waals surface area contributed by atoms with Gasteiger partial charge in [-0.3, -0.25) is 4.79 Å². The molecule has 1 amide bonds. The molecular formula is C19H27NO3. The molecule has 4 heteroatoms. The second-order valence-corrected chi connectivity index (χ2v) is 6.85. The van der Waals surface area contributed by atoms with E-state index in [1.807, 2.05) is 6.07 Å². The number of amides is 1. The maximum absolute atomic E-state index is 12.2. The lowest BCUT2D eigenvalue weighted by atomic mass is 9.87. The minimum Gasteiger partial charge on any atom is -0.393 e. The molecule has 1 aromatic rings. The van der Waals surface area contributed by atoms with Crippen molar-refractivity contribution in [2.75, 3.05) is 6.61 Å². The highest BCUT2D eigenvalue weighted by Gasteiger charge is 2.40. The van der Waals surface area contributed by atoms with Crippen molar-refractivity contribution in [1.29, 1.82) is 0 Å². The summed E-state index contributed by atoms with van der Waals surface area (Å²) in [7, 11) is 0. The molecule has 0 saturated heterocycles. The lowest BCUT2D eigenvalue weighted by Gasteiger charge is -2.24. The van der Waals surface area contributed by atoms with Crippen molar-refractivity contribution in [3.8, 4) is 0 Å². The SMILES string of the molecule is O=C(NC1CC1OCCCc1ccccc1)[C@H]1CC[C@H](O)CC1. The van der Waals surface area contributed by atoms with Crippen LogP contribution < -0.4 is 5.32 Å². The van der Waals surface area contributed by atoms with Crippen LogP contribution in [0.1, 0.15) is 44.1 Å². The van der Waals surface area contributed by atoms with E-state index in [1.165, 1.54) is 5.56 Å². The Morgan fingerprint density at radius 1 is 1.17 bits per heavy atom. The number of benzene rings is 1. The van der Waals surface area contributed by atoms with E-state index in [2.05, 4.69) is 29.6 Å². The highest BCUT2D eigenvalue weighted by molar-refractivity contribution is 5.79. The molecule has 0 bridgehead atoms. The first-order valence-corrected chi connectivity index (χ1v) is 8.86. The Balaban J connectivity index is 1.27. The van der Waals surface area contributed by atoms with Gasteiger partial charge in [-0.1, -0.05) is 30.3 Å². The third-order valence-electron chi connectivity index (χ3n) is 4.91. The van der Waals surface area contributed by atoms with Crippen LogP contribution in [0.15, 0.2) is 30.3 Å². The summed E-state index contributed by atoms with van der Waals surface area (Å²) in [4.78, 5) is 12.2. The number of hydrogen-bond acceptors (Lipinski definition) is 3. The third kappa shape index (κ3) is 5.05. The summed E-state index contributed by atoms with van der Waals surface area (Å²) in [6.07, 6.45) is 6.10. The number of ether oxygens (including phenoxy) is 1. The predicted octanol–water partition coefficient (Wildman–Crippen LogP) is 2.44. The van der Waals surface area contributed by atoms with Crippen molar-refractivity contribution in [3.63, 3.8) is 0 Å². The number of rotatable bonds is 7. The number of nitrogens with one attached hydrogen (secondary N) is 1. The Labute approximate surface area is 138 Å². The van der Waals surface area contributed by atoms with Gasteiger partial charge in [-0.05, 0) is 50.5 Å². The zero-order chi connectivity index (χ0) is 16.1. The molecule has 0 aliphatic heterocycles. The lowest BCUT2D eigenvalue weighted by Crippen LogP contribution is -2.36. The van der Waals surface area contributed by atoms with E-state index in [4.69, 9.17) is 4.74 Å². The first-order chi connectivity index (χ1) is 11.2. The van der Waals surface area contributed by atoms with Gasteiger partial charge < -0.3 is 15.2 Å². The lowest BCUT2D eigenvalue weighted by molar-refractivity contribution is -0.126. The molecule has 23 heavy (non-hydrogen) atoms. The molecule has 2 aliphatic rings. The van der Waals surface area contributed by atoms with Crippen LogP contribution in [0.3, 0.4) is 0 Å². The van der Waals surface area contributed by atoms with E-state index in [0.717, 1.165) is 51.6 Å². The highest BCUT2D eigenvalue weighted by Crippen LogP contribution is 2.29. The first-order valence-electron chi connectivity index (χ1n) is 8.86. The molecule has 2 N–H and O–H groups in total. The Morgan fingerprint density at radius 2 is 1.91 bits per heavy atom. The molecule has 0 aromatic heterocycles. The van der Waals surface area contributed by atoms with Crippen LogP contribution in [-0.4, -0.2) is 35.9 Å². The summed E-state index contributed by atoms with van der Waals surface area (Å²) in [6.45, 7) is 0.752. The van der Waals surface area contributed by atoms with Gasteiger partial charge in [-0.15, -0.1) is 0 Å². The quantitative estimate of drug-likeness (QED) is 0.760. The number of hydrogen-bond donors (Lipinski definition) is 2. The largest absolute Gasteiger partial charge is 0.393 e. The summed E-state index contributed by atoms with van der Waals surface area (Å²) in [5, 5.41) is 12.6. The molecule has 4 nitrogen and oxygen atoms in total. The zero-order valence-corrected chi connectivity index (χ0v) is 13.6. The fourth-order valence-electron chi connectivity index (χ4n) is 3.30. The number of aryl methyl sites for hydroxylation is 1. The van der Waals surface area contributed by atoms with Crippen LogP contribution in [0.5, 0.6) is 0 Å². The zero-order valence-electron chi connectivity index (χ0n) is 13.6. The number of aliphatic hydroxyl groups excluding tert-OH is 1. The number of carbonyl (C=O) groups excluding carboxylic acids is 1. The van der Waals surface area contributed by atoms with Gasteiger partial charge in [-0.2, -0.15) is 0 Å². The van der Waals surface area contributed by atoms with Crippen LogP contribution in [-0.2, 0) is 16.0 Å². The topological polar surface area (TPSA) is 58.6 Å². The van der Waals surface area contributed by atoms with Gasteiger partial charge in [0.1, 0.15) is 0 Å². The Morgan fingerprint density at radius 3 is 2.65 bits per heavy atom. The van der Waals surface area contributed by atoms with E-state index in [1.54, 1.807) is 0 Å². The van der Waals surface area contributed by atoms with Gasteiger partial charge in [0.05, 0.1) is 18.2 Å². The van der Waals surface area contributed by atoms with Gasteiger partial charge in [-0.25, -0.2) is 0 Å². The van der Waals surface area contributed by atoms with E-state index >= 15 is 0 Å². The fraction of sp³-hybridized carbons (Fsp3) is 0.632. The molecule has 2 aliphatic carbocycles. The van der Waals surface area contributed by atoms with Crippen molar-refractivity contribution in [2.24, 2.45) is 5.92 Å². The average Bonchev–Trinajstić information content (AvgIpc) is 3.31. The van der Waals surface area contributed by atoms with Crippen molar-refractivity contribution in [1.82, 2.24) is 5.32 Å². The van der Waals surface area contributed by atoms with Crippen molar-refractivity contribution < 1.29 is 14.6 Å². The van der Waals surface area contributed by atoms with Crippen molar-refractivity contribution in [3.05, 3.63) is 35.9 Å². The Bertz CT molecular complexity index is 497. The molecule has 0 heterocycles. The molecule has 0 radical (unpaired) electrons. The maximum atomic E-state index is 12.2. The van der Waals surface area contributed by atoms with Crippen LogP contribution in [0, 0.1) is 5.92 Å². The second-order valence-electron chi connectivity index (χ2n) is 6.85. The smallest absolute Gasteiger partial charge is 0.223 e. The average molecular weight is 317 g/mol. The summed E-state index contributed by atoms with van der Waals surface area (Å²) in [6, 6.07) is 10.6. The molecule has 2 fully saturated rings. The standard InChI is InChI=1S/C19H27NO3/c21-16-10-8-15(9-11-16)19(22)20-17-13-18(17)23-12-4-7-14-5-2-1-3-6-14/h1-3,5-6,15-18,21H,4,7-13H2,(H,20,22)/t15-,16-,17?,18?. The van der Waals surface area contributed by atoms with Gasteiger partial charge in [0.2, 0.25) is 5.91 Å². The van der Waals surface area contributed by atoms with Crippen LogP contribution >= 0.6 is 0 Å². The van der Waals surface area contributed by atoms with Gasteiger partial charge >= 0.3 is 0 Å². The number of carbonyl (C=O) groups is 1. The summed E-state index contributed by atoms with van der Waals surface area (Å²) >= 11 is 0. The summed E-state index contributed by atoms with van der Waals surface area (Å²) in [5.74, 6) is 0.231. The normalized spacial score (nSPS) is 30.0. The van der Waals surface area contributed by atoms with Crippen LogP contribution in [0.4, 0.5) is 0 Å². The molecule has 126 valence electrons. The second kappa shape index (κ2) is 7.93. The van der Waals surface area contributed by atoms with Crippen molar-refractivity contribution in [2.45, 2.75) is 63.2 Å². The minimum atomic E-state index is -0.208. The molecule has 1 aromatic carbocycles. The minimum absolute atomic E-state index is 0.0812. The van der Waals surface area contributed by atoms with E-state index in [-0.39, 0.29) is 30.1 Å². The Hall–Kier alpha value is -1.39. The first kappa shape index (κ1) is 16.5.